The minimum Gasteiger partial charge on any atom is -0.487 e. The second-order valence-corrected chi connectivity index (χ2v) is 10.3. The quantitative estimate of drug-likeness (QED) is 0.242. The molecule has 11 nitrogen and oxygen atoms in total. The van der Waals surface area contributed by atoms with Gasteiger partial charge in [-0.2, -0.15) is 0 Å². The van der Waals surface area contributed by atoms with Crippen LogP contribution in [0.2, 0.25) is 0 Å². The largest absolute Gasteiger partial charge is 0.487 e. The molecule has 0 radical (unpaired) electrons. The number of amides is 1. The molecule has 1 aliphatic heterocycles. The summed E-state index contributed by atoms with van der Waals surface area (Å²) in [5.41, 5.74) is -1.23. The lowest BCUT2D eigenvalue weighted by atomic mass is 10.0. The fraction of sp³-hybridized carbons (Fsp3) is 0.517. The van der Waals surface area contributed by atoms with Crippen molar-refractivity contribution in [1.29, 1.82) is 0 Å². The van der Waals surface area contributed by atoms with Crippen molar-refractivity contribution in [2.75, 3.05) is 34.0 Å². The van der Waals surface area contributed by atoms with Crippen molar-refractivity contribution in [3.8, 4) is 5.75 Å². The maximum absolute atomic E-state index is 13.4. The van der Waals surface area contributed by atoms with E-state index in [9.17, 15) is 19.2 Å². The lowest BCUT2D eigenvalue weighted by Gasteiger charge is -2.34. The van der Waals surface area contributed by atoms with Gasteiger partial charge in [-0.05, 0) is 39.2 Å². The molecule has 0 aliphatic carbocycles. The van der Waals surface area contributed by atoms with Crippen molar-refractivity contribution in [3.63, 3.8) is 0 Å². The van der Waals surface area contributed by atoms with Gasteiger partial charge in [-0.1, -0.05) is 43.7 Å². The van der Waals surface area contributed by atoms with Crippen molar-refractivity contribution in [3.05, 3.63) is 63.6 Å². The molecule has 2 aromatic rings. The first-order chi connectivity index (χ1) is 19.0. The molecule has 218 valence electrons. The number of hydrogen-bond acceptors (Lipinski definition) is 9. The molecule has 2 atom stereocenters. The van der Waals surface area contributed by atoms with Crippen molar-refractivity contribution in [1.82, 2.24) is 9.47 Å². The molecule has 1 unspecified atom stereocenters. The Balaban J connectivity index is 2.28. The molecule has 11 heteroatoms. The van der Waals surface area contributed by atoms with E-state index < -0.39 is 41.3 Å². The molecule has 3 rings (SSSR count). The van der Waals surface area contributed by atoms with Gasteiger partial charge in [0.05, 0.1) is 40.0 Å². The molecule has 1 aromatic heterocycles. The van der Waals surface area contributed by atoms with Crippen LogP contribution >= 0.6 is 0 Å². The van der Waals surface area contributed by atoms with Crippen molar-refractivity contribution in [2.45, 2.75) is 64.8 Å². The third kappa shape index (κ3) is 7.20. The van der Waals surface area contributed by atoms with E-state index in [1.807, 2.05) is 37.3 Å². The van der Waals surface area contributed by atoms with E-state index in [-0.39, 0.29) is 43.2 Å². The zero-order chi connectivity index (χ0) is 29.4. The number of esters is 2. The third-order valence-electron chi connectivity index (χ3n) is 6.25. The average Bonchev–Trinajstić information content (AvgIpc) is 3.41. The van der Waals surface area contributed by atoms with Gasteiger partial charge in [-0.3, -0.25) is 9.69 Å². The molecule has 0 spiro atoms. The van der Waals surface area contributed by atoms with Crippen LogP contribution in [0.1, 0.15) is 73.0 Å². The molecule has 0 bridgehead atoms. The standard InChI is InChI=1S/C29H38N2O9/c1-7-8-15-38-24-22(27(34)37-6)31(18-20(23(24)32)26(33)36-5)21(17-19-12-10-9-11-13-19)25-30(14-16-39-25)28(35)40-29(2,3)4/h9-13,18,21,25H,7-8,14-17H2,1-6H3/t21-,25?/m0/s1. The van der Waals surface area contributed by atoms with Crippen LogP contribution in [0.4, 0.5) is 4.79 Å². The maximum atomic E-state index is 13.4. The highest BCUT2D eigenvalue weighted by molar-refractivity contribution is 5.94. The van der Waals surface area contributed by atoms with E-state index in [0.717, 1.165) is 19.1 Å². The number of unbranched alkanes of at least 4 members (excludes halogenated alkanes) is 1. The van der Waals surface area contributed by atoms with Crippen LogP contribution in [0, 0.1) is 0 Å². The Morgan fingerprint density at radius 3 is 2.35 bits per heavy atom. The third-order valence-corrected chi connectivity index (χ3v) is 6.25. The van der Waals surface area contributed by atoms with Gasteiger partial charge >= 0.3 is 18.0 Å². The fourth-order valence-corrected chi connectivity index (χ4v) is 4.39. The first-order valence-electron chi connectivity index (χ1n) is 13.3. The van der Waals surface area contributed by atoms with E-state index in [1.165, 1.54) is 22.8 Å². The summed E-state index contributed by atoms with van der Waals surface area (Å²) in [5, 5.41) is 0. The van der Waals surface area contributed by atoms with Gasteiger partial charge in [-0.15, -0.1) is 0 Å². The zero-order valence-corrected chi connectivity index (χ0v) is 23.9. The number of aromatic nitrogens is 1. The number of carbonyl (C=O) groups is 3. The number of hydrogen-bond donors (Lipinski definition) is 0. The molecule has 1 amide bonds. The Morgan fingerprint density at radius 2 is 1.75 bits per heavy atom. The second-order valence-electron chi connectivity index (χ2n) is 10.3. The van der Waals surface area contributed by atoms with E-state index >= 15 is 0 Å². The molecule has 2 heterocycles. The van der Waals surface area contributed by atoms with Crippen LogP contribution in [0.15, 0.2) is 41.3 Å². The van der Waals surface area contributed by atoms with E-state index in [0.29, 0.717) is 6.42 Å². The van der Waals surface area contributed by atoms with Gasteiger partial charge in [0.2, 0.25) is 5.43 Å². The SMILES string of the molecule is CCCCOc1c(C(=O)OC)n([C@@H](Cc2ccccc2)C2OCCN2C(=O)OC(C)(C)C)cc(C(=O)OC)c1=O. The summed E-state index contributed by atoms with van der Waals surface area (Å²) in [6, 6.07) is 8.56. The minimum absolute atomic E-state index is 0.133. The van der Waals surface area contributed by atoms with Crippen molar-refractivity contribution in [2.24, 2.45) is 0 Å². The van der Waals surface area contributed by atoms with E-state index in [4.69, 9.17) is 23.7 Å². The summed E-state index contributed by atoms with van der Waals surface area (Å²) in [6.45, 7) is 7.82. The predicted octanol–water partition coefficient (Wildman–Crippen LogP) is 3.98. The normalized spacial score (nSPS) is 15.8. The Labute approximate surface area is 233 Å². The highest BCUT2D eigenvalue weighted by Gasteiger charge is 2.41. The summed E-state index contributed by atoms with van der Waals surface area (Å²) in [4.78, 5) is 54.1. The highest BCUT2D eigenvalue weighted by Crippen LogP contribution is 2.32. The number of carbonyl (C=O) groups excluding carboxylic acids is 3. The first kappa shape index (κ1) is 30.7. The Bertz CT molecular complexity index is 1250. The first-order valence-corrected chi connectivity index (χ1v) is 13.3. The number of rotatable bonds is 10. The lowest BCUT2D eigenvalue weighted by Crippen LogP contribution is -2.46. The molecular weight excluding hydrogens is 520 g/mol. The average molecular weight is 559 g/mol. The summed E-state index contributed by atoms with van der Waals surface area (Å²) in [7, 11) is 2.34. The summed E-state index contributed by atoms with van der Waals surface area (Å²) >= 11 is 0. The van der Waals surface area contributed by atoms with Crippen molar-refractivity contribution >= 4 is 18.0 Å². The molecule has 0 saturated carbocycles. The number of benzene rings is 1. The fourth-order valence-electron chi connectivity index (χ4n) is 4.39. The molecule has 1 aliphatic rings. The van der Waals surface area contributed by atoms with Gasteiger partial charge in [-0.25, -0.2) is 14.4 Å². The van der Waals surface area contributed by atoms with Crippen LogP contribution in [-0.4, -0.2) is 73.3 Å². The van der Waals surface area contributed by atoms with Gasteiger partial charge in [0.15, 0.2) is 17.7 Å². The smallest absolute Gasteiger partial charge is 0.412 e. The molecule has 0 N–H and O–H groups in total. The molecular formula is C29H38N2O9. The molecule has 1 saturated heterocycles. The van der Waals surface area contributed by atoms with Gasteiger partial charge in [0.1, 0.15) is 11.2 Å². The zero-order valence-electron chi connectivity index (χ0n) is 23.9. The van der Waals surface area contributed by atoms with Crippen LogP contribution < -0.4 is 10.2 Å². The van der Waals surface area contributed by atoms with Crippen molar-refractivity contribution < 1.29 is 38.1 Å². The highest BCUT2D eigenvalue weighted by atomic mass is 16.6. The maximum Gasteiger partial charge on any atom is 0.412 e. The van der Waals surface area contributed by atoms with Gasteiger partial charge in [0.25, 0.3) is 0 Å². The summed E-state index contributed by atoms with van der Waals surface area (Å²) < 4.78 is 28.9. The number of pyridine rings is 1. The van der Waals surface area contributed by atoms with Crippen LogP contribution in [0.25, 0.3) is 0 Å². The summed E-state index contributed by atoms with van der Waals surface area (Å²) in [5.74, 6) is -2.08. The minimum atomic E-state index is -0.921. The Kier molecular flexibility index (Phi) is 10.3. The summed E-state index contributed by atoms with van der Waals surface area (Å²) in [6.07, 6.45) is 1.36. The second kappa shape index (κ2) is 13.5. The topological polar surface area (TPSA) is 123 Å². The van der Waals surface area contributed by atoms with Gasteiger partial charge < -0.3 is 28.3 Å². The predicted molar refractivity (Wildman–Crippen MR) is 146 cm³/mol. The molecule has 1 aromatic carbocycles. The lowest BCUT2D eigenvalue weighted by molar-refractivity contribution is -0.0307. The van der Waals surface area contributed by atoms with E-state index in [2.05, 4.69) is 0 Å². The van der Waals surface area contributed by atoms with Gasteiger partial charge in [0, 0.05) is 6.20 Å². The number of nitrogens with zero attached hydrogens (tertiary/aromatic N) is 2. The van der Waals surface area contributed by atoms with Crippen LogP contribution in [0.3, 0.4) is 0 Å². The van der Waals surface area contributed by atoms with Crippen LogP contribution in [-0.2, 0) is 25.4 Å². The number of methoxy groups -OCH3 is 2. The monoisotopic (exact) mass is 558 g/mol. The van der Waals surface area contributed by atoms with Crippen LogP contribution in [0.5, 0.6) is 5.75 Å². The van der Waals surface area contributed by atoms with E-state index in [1.54, 1.807) is 20.8 Å². The Hall–Kier alpha value is -3.86. The molecule has 1 fully saturated rings. The molecule has 40 heavy (non-hydrogen) atoms. The number of ether oxygens (including phenoxy) is 5. The Morgan fingerprint density at radius 1 is 1.07 bits per heavy atom.